The number of carbonyl (C=O) groups excluding carboxylic acids is 3. The molecule has 0 radical (unpaired) electrons. The molecule has 0 spiro atoms. The Balaban J connectivity index is 1.60. The van der Waals surface area contributed by atoms with Gasteiger partial charge in [-0.15, -0.1) is 0 Å². The molecule has 1 N–H and O–H groups in total. The van der Waals surface area contributed by atoms with Gasteiger partial charge < -0.3 is 15.0 Å². The highest BCUT2D eigenvalue weighted by Crippen LogP contribution is 2.20. The molecule has 158 valence electrons. The molecule has 6 nitrogen and oxygen atoms in total. The van der Waals surface area contributed by atoms with Crippen LogP contribution in [0.2, 0.25) is 0 Å². The SMILES string of the molecule is CN(C)C(=O)[C@@H](OC(=O)CNC(=O)c1ccc(-c2ccccc2)cc1)c1ccccc1. The number of hydrogen-bond acceptors (Lipinski definition) is 4. The molecule has 3 rings (SSSR count). The molecule has 0 saturated carbocycles. The van der Waals surface area contributed by atoms with Gasteiger partial charge in [-0.2, -0.15) is 0 Å². The van der Waals surface area contributed by atoms with E-state index in [0.29, 0.717) is 11.1 Å². The van der Waals surface area contributed by atoms with Crippen molar-refractivity contribution in [1.82, 2.24) is 10.2 Å². The lowest BCUT2D eigenvalue weighted by molar-refractivity contribution is -0.158. The Morgan fingerprint density at radius 2 is 1.35 bits per heavy atom. The van der Waals surface area contributed by atoms with Crippen LogP contribution in [0.3, 0.4) is 0 Å². The molecule has 0 unspecified atom stereocenters. The van der Waals surface area contributed by atoms with Gasteiger partial charge in [0.1, 0.15) is 6.54 Å². The van der Waals surface area contributed by atoms with Gasteiger partial charge in [0.2, 0.25) is 6.10 Å². The second kappa shape index (κ2) is 10.2. The molecule has 1 atom stereocenters. The Morgan fingerprint density at radius 3 is 1.94 bits per heavy atom. The third kappa shape index (κ3) is 5.79. The zero-order chi connectivity index (χ0) is 22.2. The summed E-state index contributed by atoms with van der Waals surface area (Å²) in [5.74, 6) is -1.45. The predicted octanol–water partition coefficient (Wildman–Crippen LogP) is 3.46. The monoisotopic (exact) mass is 416 g/mol. The van der Waals surface area contributed by atoms with E-state index in [1.54, 1.807) is 50.5 Å². The molecule has 6 heteroatoms. The zero-order valence-electron chi connectivity index (χ0n) is 17.4. The van der Waals surface area contributed by atoms with Gasteiger partial charge in [0.25, 0.3) is 11.8 Å². The number of hydrogen-bond donors (Lipinski definition) is 1. The van der Waals surface area contributed by atoms with E-state index in [1.807, 2.05) is 48.5 Å². The Morgan fingerprint density at radius 1 is 0.806 bits per heavy atom. The number of rotatable bonds is 7. The van der Waals surface area contributed by atoms with Crippen molar-refractivity contribution in [3.8, 4) is 11.1 Å². The number of nitrogens with zero attached hydrogens (tertiary/aromatic N) is 1. The molecular weight excluding hydrogens is 392 g/mol. The number of nitrogens with one attached hydrogen (secondary N) is 1. The van der Waals surface area contributed by atoms with Crippen LogP contribution >= 0.6 is 0 Å². The van der Waals surface area contributed by atoms with Crippen LogP contribution in [0.4, 0.5) is 0 Å². The smallest absolute Gasteiger partial charge is 0.326 e. The van der Waals surface area contributed by atoms with Gasteiger partial charge in [-0.25, -0.2) is 0 Å². The van der Waals surface area contributed by atoms with Crippen LogP contribution in [0.5, 0.6) is 0 Å². The van der Waals surface area contributed by atoms with Crippen LogP contribution in [-0.4, -0.2) is 43.3 Å². The molecule has 2 amide bonds. The number of amides is 2. The first-order chi connectivity index (χ1) is 15.0. The van der Waals surface area contributed by atoms with E-state index < -0.39 is 18.0 Å². The Hall–Kier alpha value is -3.93. The normalized spacial score (nSPS) is 11.3. The molecule has 0 aliphatic rings. The number of esters is 1. The predicted molar refractivity (Wildman–Crippen MR) is 118 cm³/mol. The van der Waals surface area contributed by atoms with Crippen LogP contribution in [0.15, 0.2) is 84.9 Å². The van der Waals surface area contributed by atoms with Gasteiger partial charge in [0.15, 0.2) is 0 Å². The molecule has 0 bridgehead atoms. The summed E-state index contributed by atoms with van der Waals surface area (Å²) < 4.78 is 5.38. The second-order valence-corrected chi connectivity index (χ2v) is 7.14. The molecule has 31 heavy (non-hydrogen) atoms. The van der Waals surface area contributed by atoms with E-state index in [0.717, 1.165) is 11.1 Å². The summed E-state index contributed by atoms with van der Waals surface area (Å²) in [5.41, 5.74) is 3.04. The van der Waals surface area contributed by atoms with E-state index in [9.17, 15) is 14.4 Å². The number of benzene rings is 3. The van der Waals surface area contributed by atoms with Crippen molar-refractivity contribution in [2.24, 2.45) is 0 Å². The Kier molecular flexibility index (Phi) is 7.17. The summed E-state index contributed by atoms with van der Waals surface area (Å²) in [6.45, 7) is -0.344. The van der Waals surface area contributed by atoms with Crippen LogP contribution in [-0.2, 0) is 14.3 Å². The number of carbonyl (C=O) groups is 3. The standard InChI is InChI=1S/C25H24N2O4/c1-27(2)25(30)23(20-11-7-4-8-12-20)31-22(28)17-26-24(29)21-15-13-19(14-16-21)18-9-5-3-6-10-18/h3-16,23H,17H2,1-2H3,(H,26,29)/t23-/m0/s1. The highest BCUT2D eigenvalue weighted by Gasteiger charge is 2.26. The van der Waals surface area contributed by atoms with Crippen molar-refractivity contribution in [3.05, 3.63) is 96.1 Å². The highest BCUT2D eigenvalue weighted by molar-refractivity contribution is 5.96. The van der Waals surface area contributed by atoms with Gasteiger partial charge in [-0.3, -0.25) is 14.4 Å². The third-order valence-electron chi connectivity index (χ3n) is 4.66. The number of ether oxygens (including phenoxy) is 1. The molecule has 0 aromatic heterocycles. The fraction of sp³-hybridized carbons (Fsp3) is 0.160. The van der Waals surface area contributed by atoms with Gasteiger partial charge in [-0.05, 0) is 23.3 Å². The van der Waals surface area contributed by atoms with Crippen LogP contribution in [0.25, 0.3) is 11.1 Å². The molecule has 0 heterocycles. The molecule has 0 aliphatic carbocycles. The lowest BCUT2D eigenvalue weighted by Gasteiger charge is -2.21. The summed E-state index contributed by atoms with van der Waals surface area (Å²) in [6.07, 6.45) is -1.06. The maximum absolute atomic E-state index is 12.4. The largest absolute Gasteiger partial charge is 0.446 e. The summed E-state index contributed by atoms with van der Waals surface area (Å²) in [5, 5.41) is 2.54. The topological polar surface area (TPSA) is 75.7 Å². The van der Waals surface area contributed by atoms with Crippen molar-refractivity contribution in [1.29, 1.82) is 0 Å². The van der Waals surface area contributed by atoms with Gasteiger partial charge in [0, 0.05) is 25.2 Å². The molecule has 3 aromatic carbocycles. The fourth-order valence-corrected chi connectivity index (χ4v) is 3.00. The van der Waals surface area contributed by atoms with Crippen molar-refractivity contribution in [3.63, 3.8) is 0 Å². The lowest BCUT2D eigenvalue weighted by Crippen LogP contribution is -2.35. The van der Waals surface area contributed by atoms with E-state index >= 15 is 0 Å². The van der Waals surface area contributed by atoms with Crippen LogP contribution in [0, 0.1) is 0 Å². The average Bonchev–Trinajstić information content (AvgIpc) is 2.81. The summed E-state index contributed by atoms with van der Waals surface area (Å²) in [6, 6.07) is 25.7. The minimum absolute atomic E-state index is 0.344. The van der Waals surface area contributed by atoms with E-state index in [-0.39, 0.29) is 12.5 Å². The first kappa shape index (κ1) is 21.8. The zero-order valence-corrected chi connectivity index (χ0v) is 17.4. The van der Waals surface area contributed by atoms with Crippen LogP contribution < -0.4 is 5.32 Å². The lowest BCUT2D eigenvalue weighted by atomic mass is 10.0. The summed E-state index contributed by atoms with van der Waals surface area (Å²) in [4.78, 5) is 38.5. The molecule has 0 saturated heterocycles. The quantitative estimate of drug-likeness (QED) is 0.599. The molecule has 3 aromatic rings. The Labute approximate surface area is 181 Å². The maximum Gasteiger partial charge on any atom is 0.326 e. The van der Waals surface area contributed by atoms with Crippen LogP contribution in [0.1, 0.15) is 22.0 Å². The summed E-state index contributed by atoms with van der Waals surface area (Å²) >= 11 is 0. The highest BCUT2D eigenvalue weighted by atomic mass is 16.5. The second-order valence-electron chi connectivity index (χ2n) is 7.14. The molecular formula is C25H24N2O4. The van der Waals surface area contributed by atoms with E-state index in [2.05, 4.69) is 5.32 Å². The minimum atomic E-state index is -1.06. The van der Waals surface area contributed by atoms with Gasteiger partial charge in [-0.1, -0.05) is 72.8 Å². The fourth-order valence-electron chi connectivity index (χ4n) is 3.00. The maximum atomic E-state index is 12.4. The first-order valence-corrected chi connectivity index (χ1v) is 9.85. The minimum Gasteiger partial charge on any atom is -0.446 e. The van der Waals surface area contributed by atoms with E-state index in [4.69, 9.17) is 4.74 Å². The van der Waals surface area contributed by atoms with Gasteiger partial charge >= 0.3 is 5.97 Å². The number of likely N-dealkylation sites (N-methyl/N-ethyl adjacent to an activating group) is 1. The van der Waals surface area contributed by atoms with Gasteiger partial charge in [0.05, 0.1) is 0 Å². The van der Waals surface area contributed by atoms with Crippen molar-refractivity contribution in [2.75, 3.05) is 20.6 Å². The molecule has 0 fully saturated rings. The molecule has 0 aliphatic heterocycles. The van der Waals surface area contributed by atoms with E-state index in [1.165, 1.54) is 4.90 Å². The summed E-state index contributed by atoms with van der Waals surface area (Å²) in [7, 11) is 3.18. The Bertz CT molecular complexity index is 1030. The van der Waals surface area contributed by atoms with Crippen molar-refractivity contribution in [2.45, 2.75) is 6.10 Å². The average molecular weight is 416 g/mol. The van der Waals surface area contributed by atoms with Crippen molar-refractivity contribution >= 4 is 17.8 Å². The third-order valence-corrected chi connectivity index (χ3v) is 4.66. The van der Waals surface area contributed by atoms with Crippen molar-refractivity contribution < 1.29 is 19.1 Å². The first-order valence-electron chi connectivity index (χ1n) is 9.85.